The second-order valence-corrected chi connectivity index (χ2v) is 2.78. The number of rotatable bonds is 4. The summed E-state index contributed by atoms with van der Waals surface area (Å²) in [5.74, 6) is 0.848. The third-order valence-corrected chi connectivity index (χ3v) is 1.57. The first-order chi connectivity index (χ1) is 6.18. The summed E-state index contributed by atoms with van der Waals surface area (Å²) in [4.78, 5) is 10.2. The summed E-state index contributed by atoms with van der Waals surface area (Å²) in [5.41, 5.74) is 0. The van der Waals surface area contributed by atoms with Crippen molar-refractivity contribution in [3.05, 3.63) is 29.7 Å². The number of furan rings is 1. The van der Waals surface area contributed by atoms with Crippen LogP contribution in [0.15, 0.2) is 22.6 Å². The van der Waals surface area contributed by atoms with Gasteiger partial charge in [0.15, 0.2) is 0 Å². The molecule has 1 rings (SSSR count). The largest absolute Gasteiger partial charge is 0.481 e. The third-order valence-electron chi connectivity index (χ3n) is 1.57. The Hall–Kier alpha value is -1.51. The average molecular weight is 180 g/mol. The van der Waals surface area contributed by atoms with Crippen LogP contribution in [0.3, 0.4) is 0 Å². The fourth-order valence-corrected chi connectivity index (χ4v) is 0.949. The van der Waals surface area contributed by atoms with Gasteiger partial charge in [-0.05, 0) is 31.6 Å². The number of allylic oxidation sites excluding steroid dienone is 1. The highest BCUT2D eigenvalue weighted by Crippen LogP contribution is 2.08. The van der Waals surface area contributed by atoms with Gasteiger partial charge >= 0.3 is 5.97 Å². The molecule has 0 aliphatic rings. The average Bonchev–Trinajstić information content (AvgIpc) is 2.45. The second-order valence-electron chi connectivity index (χ2n) is 2.78. The van der Waals surface area contributed by atoms with Gasteiger partial charge in [-0.15, -0.1) is 0 Å². The number of hydrogen-bond acceptors (Lipinski definition) is 2. The van der Waals surface area contributed by atoms with Gasteiger partial charge in [0, 0.05) is 6.42 Å². The summed E-state index contributed by atoms with van der Waals surface area (Å²) in [7, 11) is 0. The molecule has 0 fully saturated rings. The smallest absolute Gasteiger partial charge is 0.303 e. The number of carbonyl (C=O) groups is 1. The molecular formula is C10H12O3. The van der Waals surface area contributed by atoms with Crippen molar-refractivity contribution in [3.8, 4) is 0 Å². The molecule has 0 unspecified atom stereocenters. The van der Waals surface area contributed by atoms with Gasteiger partial charge in [-0.3, -0.25) is 4.79 Å². The topological polar surface area (TPSA) is 50.4 Å². The highest BCUT2D eigenvalue weighted by molar-refractivity contribution is 5.67. The number of aryl methyl sites for hydroxylation is 1. The summed E-state index contributed by atoms with van der Waals surface area (Å²) >= 11 is 0. The normalized spacial score (nSPS) is 10.8. The molecule has 1 aromatic heterocycles. The van der Waals surface area contributed by atoms with Crippen molar-refractivity contribution >= 4 is 12.0 Å². The Morgan fingerprint density at radius 1 is 1.62 bits per heavy atom. The molecule has 3 nitrogen and oxygen atoms in total. The molecule has 1 N–H and O–H groups in total. The van der Waals surface area contributed by atoms with Crippen LogP contribution >= 0.6 is 0 Å². The van der Waals surface area contributed by atoms with Gasteiger partial charge in [-0.1, -0.05) is 6.08 Å². The van der Waals surface area contributed by atoms with E-state index in [-0.39, 0.29) is 6.42 Å². The van der Waals surface area contributed by atoms with Crippen molar-refractivity contribution in [3.63, 3.8) is 0 Å². The van der Waals surface area contributed by atoms with Crippen molar-refractivity contribution in [1.29, 1.82) is 0 Å². The lowest BCUT2D eigenvalue weighted by molar-refractivity contribution is -0.136. The molecule has 1 heterocycles. The Bertz CT molecular complexity index is 310. The van der Waals surface area contributed by atoms with Gasteiger partial charge in [0.2, 0.25) is 0 Å². The minimum Gasteiger partial charge on any atom is -0.481 e. The zero-order chi connectivity index (χ0) is 9.68. The van der Waals surface area contributed by atoms with E-state index in [1.807, 2.05) is 19.1 Å². The van der Waals surface area contributed by atoms with Crippen LogP contribution in [0.25, 0.3) is 6.08 Å². The quantitative estimate of drug-likeness (QED) is 0.774. The molecule has 0 saturated heterocycles. The highest BCUT2D eigenvalue weighted by atomic mass is 16.4. The van der Waals surface area contributed by atoms with Gasteiger partial charge in [-0.2, -0.15) is 0 Å². The van der Waals surface area contributed by atoms with E-state index in [0.29, 0.717) is 6.42 Å². The van der Waals surface area contributed by atoms with Crippen LogP contribution in [0.5, 0.6) is 0 Å². The molecule has 13 heavy (non-hydrogen) atoms. The number of carboxylic acid groups (broad SMARTS) is 1. The standard InChI is InChI=1S/C10H12O3/c1-8-6-7-9(13-8)4-2-3-5-10(11)12/h2,4,6-7H,3,5H2,1H3,(H,11,12)/b4-2+. The molecule has 0 aliphatic carbocycles. The molecule has 0 spiro atoms. The highest BCUT2D eigenvalue weighted by Gasteiger charge is 1.94. The predicted molar refractivity (Wildman–Crippen MR) is 49.3 cm³/mol. The van der Waals surface area contributed by atoms with Crippen molar-refractivity contribution in [2.24, 2.45) is 0 Å². The molecule has 0 saturated carbocycles. The van der Waals surface area contributed by atoms with Gasteiger partial charge < -0.3 is 9.52 Å². The Balaban J connectivity index is 2.36. The Morgan fingerprint density at radius 2 is 2.38 bits per heavy atom. The molecule has 1 aromatic rings. The van der Waals surface area contributed by atoms with Crippen LogP contribution in [-0.4, -0.2) is 11.1 Å². The fourth-order valence-electron chi connectivity index (χ4n) is 0.949. The van der Waals surface area contributed by atoms with E-state index in [9.17, 15) is 4.79 Å². The van der Waals surface area contributed by atoms with Gasteiger partial charge in [-0.25, -0.2) is 0 Å². The lowest BCUT2D eigenvalue weighted by Gasteiger charge is -1.87. The second kappa shape index (κ2) is 4.50. The molecule has 0 atom stereocenters. The van der Waals surface area contributed by atoms with Crippen molar-refractivity contribution in [2.75, 3.05) is 0 Å². The van der Waals surface area contributed by atoms with Crippen LogP contribution in [-0.2, 0) is 4.79 Å². The summed E-state index contributed by atoms with van der Waals surface area (Å²) in [6.07, 6.45) is 4.29. The molecular weight excluding hydrogens is 168 g/mol. The van der Waals surface area contributed by atoms with Crippen LogP contribution < -0.4 is 0 Å². The summed E-state index contributed by atoms with van der Waals surface area (Å²) in [6, 6.07) is 3.73. The molecule has 3 heteroatoms. The maximum atomic E-state index is 10.2. The van der Waals surface area contributed by atoms with Gasteiger partial charge in [0.05, 0.1) is 0 Å². The number of hydrogen-bond donors (Lipinski definition) is 1. The Labute approximate surface area is 76.7 Å². The van der Waals surface area contributed by atoms with Crippen LogP contribution in [0.4, 0.5) is 0 Å². The maximum absolute atomic E-state index is 10.2. The van der Waals surface area contributed by atoms with Crippen molar-refractivity contribution in [2.45, 2.75) is 19.8 Å². The summed E-state index contributed by atoms with van der Waals surface area (Å²) in [6.45, 7) is 1.87. The zero-order valence-electron chi connectivity index (χ0n) is 7.49. The third kappa shape index (κ3) is 3.60. The molecule has 70 valence electrons. The first kappa shape index (κ1) is 9.58. The summed E-state index contributed by atoms with van der Waals surface area (Å²) < 4.78 is 5.26. The number of carboxylic acids is 1. The molecule has 0 amide bonds. The Kier molecular flexibility index (Phi) is 3.31. The molecule has 0 aliphatic heterocycles. The van der Waals surface area contributed by atoms with E-state index in [2.05, 4.69) is 0 Å². The molecule has 0 aromatic carbocycles. The lowest BCUT2D eigenvalue weighted by Crippen LogP contribution is -1.91. The zero-order valence-corrected chi connectivity index (χ0v) is 7.49. The van der Waals surface area contributed by atoms with Crippen LogP contribution in [0.2, 0.25) is 0 Å². The number of aliphatic carboxylic acids is 1. The Morgan fingerprint density at radius 3 is 2.92 bits per heavy atom. The predicted octanol–water partition coefficient (Wildman–Crippen LogP) is 2.47. The van der Waals surface area contributed by atoms with Gasteiger partial charge in [0.1, 0.15) is 11.5 Å². The first-order valence-electron chi connectivity index (χ1n) is 4.13. The SMILES string of the molecule is Cc1ccc(/C=C/CCC(=O)O)o1. The monoisotopic (exact) mass is 180 g/mol. The van der Waals surface area contributed by atoms with Crippen molar-refractivity contribution in [1.82, 2.24) is 0 Å². The van der Waals surface area contributed by atoms with E-state index in [4.69, 9.17) is 9.52 Å². The van der Waals surface area contributed by atoms with E-state index in [1.165, 1.54) is 0 Å². The summed E-state index contributed by atoms with van der Waals surface area (Å²) in [5, 5.41) is 8.36. The van der Waals surface area contributed by atoms with Gasteiger partial charge in [0.25, 0.3) is 0 Å². The first-order valence-corrected chi connectivity index (χ1v) is 4.13. The minimum absolute atomic E-state index is 0.163. The van der Waals surface area contributed by atoms with Crippen LogP contribution in [0, 0.1) is 6.92 Å². The minimum atomic E-state index is -0.778. The van der Waals surface area contributed by atoms with Crippen molar-refractivity contribution < 1.29 is 14.3 Å². The van der Waals surface area contributed by atoms with E-state index >= 15 is 0 Å². The van der Waals surface area contributed by atoms with E-state index in [0.717, 1.165) is 11.5 Å². The van der Waals surface area contributed by atoms with Crippen LogP contribution in [0.1, 0.15) is 24.4 Å². The van der Waals surface area contributed by atoms with E-state index in [1.54, 1.807) is 12.2 Å². The maximum Gasteiger partial charge on any atom is 0.303 e. The lowest BCUT2D eigenvalue weighted by atomic mass is 10.3. The molecule has 0 radical (unpaired) electrons. The van der Waals surface area contributed by atoms with E-state index < -0.39 is 5.97 Å². The molecule has 0 bridgehead atoms. The fraction of sp³-hybridized carbons (Fsp3) is 0.300.